The molecule has 0 amide bonds. The van der Waals surface area contributed by atoms with E-state index in [0.29, 0.717) is 17.2 Å². The van der Waals surface area contributed by atoms with Crippen LogP contribution in [0.2, 0.25) is 0 Å². The molecule has 0 aliphatic rings. The van der Waals surface area contributed by atoms with Gasteiger partial charge in [-0.1, -0.05) is 24.3 Å². The minimum absolute atomic E-state index is 0.134. The zero-order valence-electron chi connectivity index (χ0n) is 19.2. The molecule has 0 saturated heterocycles. The molecule has 1 aromatic heterocycles. The molecular formula is C24H29N3O5S. The lowest BCUT2D eigenvalue weighted by Crippen LogP contribution is -2.39. The number of aliphatic hydroxyl groups is 1. The van der Waals surface area contributed by atoms with E-state index in [9.17, 15) is 13.5 Å². The maximum absolute atomic E-state index is 13.6. The van der Waals surface area contributed by atoms with Crippen LogP contribution in [0.25, 0.3) is 0 Å². The first-order valence-corrected chi connectivity index (χ1v) is 12.0. The number of aromatic nitrogens is 2. The van der Waals surface area contributed by atoms with Gasteiger partial charge in [-0.3, -0.25) is 0 Å². The van der Waals surface area contributed by atoms with Gasteiger partial charge < -0.3 is 14.6 Å². The van der Waals surface area contributed by atoms with Crippen molar-refractivity contribution in [3.8, 4) is 11.5 Å². The SMILES string of the molecule is COc1ccc(CN(Cc2ccc(OC)cc2)S(=O)(=O)[C@H](C)[C@H](O)c2ccc(C)nn2)cc1. The topological polar surface area (TPSA) is 102 Å². The third kappa shape index (κ3) is 6.07. The predicted octanol–water partition coefficient (Wildman–Crippen LogP) is 3.26. The monoisotopic (exact) mass is 471 g/mol. The van der Waals surface area contributed by atoms with Crippen LogP contribution >= 0.6 is 0 Å². The second kappa shape index (κ2) is 10.7. The van der Waals surface area contributed by atoms with E-state index in [4.69, 9.17) is 9.47 Å². The summed E-state index contributed by atoms with van der Waals surface area (Å²) in [5.41, 5.74) is 2.49. The summed E-state index contributed by atoms with van der Waals surface area (Å²) in [4.78, 5) is 0. The maximum atomic E-state index is 13.6. The Morgan fingerprint density at radius 3 is 1.73 bits per heavy atom. The summed E-state index contributed by atoms with van der Waals surface area (Å²) in [6.07, 6.45) is -1.32. The molecule has 3 rings (SSSR count). The molecule has 0 aliphatic carbocycles. The van der Waals surface area contributed by atoms with Crippen molar-refractivity contribution in [2.45, 2.75) is 38.3 Å². The number of nitrogens with zero attached hydrogens (tertiary/aromatic N) is 3. The number of sulfonamides is 1. The lowest BCUT2D eigenvalue weighted by atomic mass is 10.2. The van der Waals surface area contributed by atoms with Crippen LogP contribution in [0.5, 0.6) is 11.5 Å². The zero-order chi connectivity index (χ0) is 24.0. The highest BCUT2D eigenvalue weighted by Gasteiger charge is 2.35. The molecule has 0 bridgehead atoms. The summed E-state index contributed by atoms with van der Waals surface area (Å²) in [5, 5.41) is 17.6. The summed E-state index contributed by atoms with van der Waals surface area (Å²) < 4.78 is 39.0. The first-order chi connectivity index (χ1) is 15.7. The number of hydrogen-bond donors (Lipinski definition) is 1. The van der Waals surface area contributed by atoms with E-state index in [1.54, 1.807) is 57.5 Å². The van der Waals surface area contributed by atoms with Crippen LogP contribution in [0, 0.1) is 6.92 Å². The fourth-order valence-corrected chi connectivity index (χ4v) is 4.90. The normalized spacial score (nSPS) is 13.5. The highest BCUT2D eigenvalue weighted by molar-refractivity contribution is 7.89. The van der Waals surface area contributed by atoms with Crippen LogP contribution in [0.4, 0.5) is 0 Å². The minimum atomic E-state index is -3.93. The standard InChI is InChI=1S/C24H29N3O5S/c1-17-5-14-23(26-25-17)24(28)18(2)33(29,30)27(15-19-6-10-21(31-3)11-7-19)16-20-8-12-22(32-4)13-9-20/h5-14,18,24,28H,15-16H2,1-4H3/t18-,24+/m1/s1. The summed E-state index contributed by atoms with van der Waals surface area (Å²) in [6.45, 7) is 3.52. The molecule has 1 heterocycles. The third-order valence-electron chi connectivity index (χ3n) is 5.43. The van der Waals surface area contributed by atoms with Gasteiger partial charge in [0.05, 0.1) is 25.6 Å². The number of hydrogen-bond acceptors (Lipinski definition) is 7. The van der Waals surface area contributed by atoms with Gasteiger partial charge in [-0.15, -0.1) is 0 Å². The summed E-state index contributed by atoms with van der Waals surface area (Å²) in [6, 6.07) is 17.7. The maximum Gasteiger partial charge on any atom is 0.220 e. The number of aliphatic hydroxyl groups excluding tert-OH is 1. The summed E-state index contributed by atoms with van der Waals surface area (Å²) in [7, 11) is -0.782. The molecule has 3 aromatic rings. The van der Waals surface area contributed by atoms with Crippen molar-refractivity contribution in [1.82, 2.24) is 14.5 Å². The van der Waals surface area contributed by atoms with Crippen molar-refractivity contribution in [2.75, 3.05) is 14.2 Å². The van der Waals surface area contributed by atoms with E-state index in [-0.39, 0.29) is 18.8 Å². The predicted molar refractivity (Wildman–Crippen MR) is 125 cm³/mol. The van der Waals surface area contributed by atoms with Gasteiger partial charge in [-0.25, -0.2) is 8.42 Å². The first-order valence-electron chi connectivity index (χ1n) is 10.5. The van der Waals surface area contributed by atoms with Gasteiger partial charge in [-0.05, 0) is 61.4 Å². The Hall–Kier alpha value is -3.01. The number of ether oxygens (including phenoxy) is 2. The minimum Gasteiger partial charge on any atom is -0.497 e. The van der Waals surface area contributed by atoms with Gasteiger partial charge in [0.15, 0.2) is 0 Å². The second-order valence-electron chi connectivity index (χ2n) is 7.76. The van der Waals surface area contributed by atoms with Crippen molar-refractivity contribution >= 4 is 10.0 Å². The molecule has 2 aromatic carbocycles. The average molecular weight is 472 g/mol. The molecule has 0 unspecified atom stereocenters. The molecule has 0 fully saturated rings. The molecule has 33 heavy (non-hydrogen) atoms. The van der Waals surface area contributed by atoms with Crippen LogP contribution in [0.3, 0.4) is 0 Å². The Balaban J connectivity index is 1.91. The Morgan fingerprint density at radius 2 is 1.33 bits per heavy atom. The molecule has 9 heteroatoms. The molecule has 0 spiro atoms. The van der Waals surface area contributed by atoms with E-state index in [0.717, 1.165) is 11.1 Å². The zero-order valence-corrected chi connectivity index (χ0v) is 20.0. The van der Waals surface area contributed by atoms with Gasteiger partial charge in [0, 0.05) is 13.1 Å². The van der Waals surface area contributed by atoms with Crippen molar-refractivity contribution in [3.05, 3.63) is 83.2 Å². The second-order valence-corrected chi connectivity index (χ2v) is 10.0. The van der Waals surface area contributed by atoms with Crippen molar-refractivity contribution in [1.29, 1.82) is 0 Å². The molecule has 0 aliphatic heterocycles. The third-order valence-corrected chi connectivity index (χ3v) is 7.61. The van der Waals surface area contributed by atoms with Gasteiger partial charge >= 0.3 is 0 Å². The van der Waals surface area contributed by atoms with Gasteiger partial charge in [-0.2, -0.15) is 14.5 Å². The fourth-order valence-electron chi connectivity index (χ4n) is 3.31. The lowest BCUT2D eigenvalue weighted by Gasteiger charge is -2.28. The average Bonchev–Trinajstić information content (AvgIpc) is 2.84. The Labute approximate surface area is 194 Å². The molecule has 2 atom stereocenters. The molecule has 1 N–H and O–H groups in total. The number of aryl methyl sites for hydroxylation is 1. The van der Waals surface area contributed by atoms with Crippen molar-refractivity contribution < 1.29 is 23.0 Å². The van der Waals surface area contributed by atoms with Gasteiger partial charge in [0.2, 0.25) is 10.0 Å². The quantitative estimate of drug-likeness (QED) is 0.484. The van der Waals surface area contributed by atoms with Crippen LogP contribution in [-0.2, 0) is 23.1 Å². The smallest absolute Gasteiger partial charge is 0.220 e. The van der Waals surface area contributed by atoms with Gasteiger partial charge in [0.25, 0.3) is 0 Å². The van der Waals surface area contributed by atoms with E-state index in [1.165, 1.54) is 11.2 Å². The van der Waals surface area contributed by atoms with Crippen molar-refractivity contribution in [3.63, 3.8) is 0 Å². The van der Waals surface area contributed by atoms with E-state index < -0.39 is 21.4 Å². The van der Waals surface area contributed by atoms with Crippen LogP contribution in [0.1, 0.15) is 35.5 Å². The molecule has 8 nitrogen and oxygen atoms in total. The molecule has 0 radical (unpaired) electrons. The van der Waals surface area contributed by atoms with E-state index >= 15 is 0 Å². The van der Waals surface area contributed by atoms with Crippen molar-refractivity contribution in [2.24, 2.45) is 0 Å². The van der Waals surface area contributed by atoms with E-state index in [2.05, 4.69) is 10.2 Å². The number of benzene rings is 2. The Morgan fingerprint density at radius 1 is 0.848 bits per heavy atom. The fraction of sp³-hybridized carbons (Fsp3) is 0.333. The Kier molecular flexibility index (Phi) is 8.01. The first kappa shape index (κ1) is 24.6. The largest absolute Gasteiger partial charge is 0.497 e. The highest BCUT2D eigenvalue weighted by atomic mass is 32.2. The van der Waals surface area contributed by atoms with E-state index in [1.807, 2.05) is 24.3 Å². The molecule has 0 saturated carbocycles. The van der Waals surface area contributed by atoms with Crippen LogP contribution < -0.4 is 9.47 Å². The Bertz CT molecular complexity index is 1080. The molecular weight excluding hydrogens is 442 g/mol. The molecule has 176 valence electrons. The van der Waals surface area contributed by atoms with Crippen LogP contribution in [0.15, 0.2) is 60.7 Å². The summed E-state index contributed by atoms with van der Waals surface area (Å²) >= 11 is 0. The number of rotatable bonds is 10. The van der Waals surface area contributed by atoms with Crippen LogP contribution in [-0.4, -0.2) is 47.5 Å². The van der Waals surface area contributed by atoms with Gasteiger partial charge in [0.1, 0.15) is 22.9 Å². The highest BCUT2D eigenvalue weighted by Crippen LogP contribution is 2.26. The lowest BCUT2D eigenvalue weighted by molar-refractivity contribution is 0.166. The number of methoxy groups -OCH3 is 2. The summed E-state index contributed by atoms with van der Waals surface area (Å²) in [5.74, 6) is 1.37.